The Kier molecular flexibility index (Phi) is 4.69. The molecule has 0 saturated carbocycles. The highest BCUT2D eigenvalue weighted by Gasteiger charge is 2.12. The van der Waals surface area contributed by atoms with Crippen molar-refractivity contribution in [2.45, 2.75) is 17.5 Å². The summed E-state index contributed by atoms with van der Waals surface area (Å²) >= 11 is 1.42. The van der Waals surface area contributed by atoms with Crippen LogP contribution in [0.2, 0.25) is 0 Å². The minimum Gasteiger partial charge on any atom is -0.334 e. The Morgan fingerprint density at radius 3 is 2.65 bits per heavy atom. The molecule has 0 unspecified atom stereocenters. The summed E-state index contributed by atoms with van der Waals surface area (Å²) in [5.41, 5.74) is 1.78. The predicted molar refractivity (Wildman–Crippen MR) is 92.6 cm³/mol. The lowest BCUT2D eigenvalue weighted by Crippen LogP contribution is -2.03. The summed E-state index contributed by atoms with van der Waals surface area (Å²) in [7, 11) is 0. The van der Waals surface area contributed by atoms with Crippen LogP contribution in [-0.4, -0.2) is 30.3 Å². The molecule has 4 rings (SSSR count). The van der Waals surface area contributed by atoms with Crippen LogP contribution >= 0.6 is 11.8 Å². The fourth-order valence-corrected chi connectivity index (χ4v) is 3.03. The summed E-state index contributed by atoms with van der Waals surface area (Å²) < 4.78 is 19.9. The van der Waals surface area contributed by atoms with Crippen molar-refractivity contribution in [2.24, 2.45) is 0 Å². The zero-order valence-electron chi connectivity index (χ0n) is 13.5. The van der Waals surface area contributed by atoms with E-state index in [-0.39, 0.29) is 5.82 Å². The molecule has 0 aliphatic rings. The van der Waals surface area contributed by atoms with Gasteiger partial charge in [0.1, 0.15) is 5.82 Å². The van der Waals surface area contributed by atoms with Crippen molar-refractivity contribution in [2.75, 3.05) is 0 Å². The summed E-state index contributed by atoms with van der Waals surface area (Å²) in [6, 6.07) is 15.9. The van der Waals surface area contributed by atoms with Gasteiger partial charge in [-0.2, -0.15) is 4.98 Å². The number of halogens is 1. The van der Waals surface area contributed by atoms with E-state index in [0.717, 1.165) is 5.56 Å². The molecule has 26 heavy (non-hydrogen) atoms. The maximum Gasteiger partial charge on any atom is 0.257 e. The summed E-state index contributed by atoms with van der Waals surface area (Å²) in [6.07, 6.45) is 0. The number of aromatic nitrogens is 6. The van der Waals surface area contributed by atoms with Crippen molar-refractivity contribution in [3.8, 4) is 11.5 Å². The van der Waals surface area contributed by atoms with Crippen LogP contribution in [0.15, 0.2) is 64.3 Å². The average Bonchev–Trinajstić information content (AvgIpc) is 3.31. The first-order valence-corrected chi connectivity index (χ1v) is 8.78. The standard InChI is InChI=1S/C17H13FN6OS/c18-14-8-6-13(7-9-14)16-19-15(21-25-16)11-26-17-20-22-23-24(17)10-12-4-2-1-3-5-12/h1-9H,10-11H2. The van der Waals surface area contributed by atoms with E-state index < -0.39 is 0 Å². The maximum absolute atomic E-state index is 13.0. The topological polar surface area (TPSA) is 82.5 Å². The Labute approximate surface area is 152 Å². The Bertz CT molecular complexity index is 986. The second-order valence-electron chi connectivity index (χ2n) is 5.42. The number of rotatable bonds is 6. The van der Waals surface area contributed by atoms with Crippen molar-refractivity contribution in [1.82, 2.24) is 30.3 Å². The highest BCUT2D eigenvalue weighted by molar-refractivity contribution is 7.98. The Hall–Kier alpha value is -3.07. The highest BCUT2D eigenvalue weighted by atomic mass is 32.2. The van der Waals surface area contributed by atoms with E-state index in [4.69, 9.17) is 4.52 Å². The van der Waals surface area contributed by atoms with Crippen molar-refractivity contribution in [1.29, 1.82) is 0 Å². The fraction of sp³-hybridized carbons (Fsp3) is 0.118. The number of tetrazole rings is 1. The fourth-order valence-electron chi connectivity index (χ4n) is 2.31. The van der Waals surface area contributed by atoms with Gasteiger partial charge in [-0.1, -0.05) is 47.3 Å². The molecule has 0 atom stereocenters. The molecule has 2 aromatic carbocycles. The molecule has 7 nitrogen and oxygen atoms in total. The summed E-state index contributed by atoms with van der Waals surface area (Å²) in [4.78, 5) is 4.32. The molecule has 4 aromatic rings. The normalized spacial score (nSPS) is 11.0. The van der Waals surface area contributed by atoms with Crippen LogP contribution in [0.25, 0.3) is 11.5 Å². The monoisotopic (exact) mass is 368 g/mol. The first-order valence-electron chi connectivity index (χ1n) is 7.79. The van der Waals surface area contributed by atoms with E-state index in [1.165, 1.54) is 23.9 Å². The lowest BCUT2D eigenvalue weighted by atomic mass is 10.2. The molecule has 2 heterocycles. The van der Waals surface area contributed by atoms with Gasteiger partial charge in [0.05, 0.1) is 12.3 Å². The number of hydrogen-bond acceptors (Lipinski definition) is 7. The number of benzene rings is 2. The van der Waals surface area contributed by atoms with E-state index in [1.807, 2.05) is 30.3 Å². The summed E-state index contributed by atoms with van der Waals surface area (Å²) in [6.45, 7) is 0.587. The Morgan fingerprint density at radius 1 is 1.04 bits per heavy atom. The summed E-state index contributed by atoms with van der Waals surface area (Å²) in [5.74, 6) is 1.02. The molecule has 0 N–H and O–H groups in total. The molecule has 0 amide bonds. The first-order chi connectivity index (χ1) is 12.8. The van der Waals surface area contributed by atoms with Gasteiger partial charge in [0, 0.05) is 5.56 Å². The van der Waals surface area contributed by atoms with Crippen LogP contribution in [0.3, 0.4) is 0 Å². The van der Waals surface area contributed by atoms with Gasteiger partial charge in [-0.3, -0.25) is 0 Å². The van der Waals surface area contributed by atoms with Crippen LogP contribution in [0.5, 0.6) is 0 Å². The zero-order valence-corrected chi connectivity index (χ0v) is 14.3. The van der Waals surface area contributed by atoms with Gasteiger partial charge in [-0.15, -0.1) is 5.10 Å². The highest BCUT2D eigenvalue weighted by Crippen LogP contribution is 2.22. The van der Waals surface area contributed by atoms with Gasteiger partial charge in [0.2, 0.25) is 5.16 Å². The smallest absolute Gasteiger partial charge is 0.257 e. The van der Waals surface area contributed by atoms with E-state index in [1.54, 1.807) is 16.8 Å². The molecule has 0 radical (unpaired) electrons. The molecule has 0 aliphatic carbocycles. The Morgan fingerprint density at radius 2 is 1.85 bits per heavy atom. The molecular formula is C17H13FN6OS. The predicted octanol–water partition coefficient (Wildman–Crippen LogP) is 3.20. The largest absolute Gasteiger partial charge is 0.334 e. The van der Waals surface area contributed by atoms with E-state index in [2.05, 4.69) is 25.7 Å². The Balaban J connectivity index is 1.42. The minimum atomic E-state index is -0.311. The van der Waals surface area contributed by atoms with Crippen molar-refractivity contribution in [3.05, 3.63) is 71.8 Å². The third-order valence-electron chi connectivity index (χ3n) is 3.56. The van der Waals surface area contributed by atoms with Crippen LogP contribution in [0, 0.1) is 5.82 Å². The van der Waals surface area contributed by atoms with E-state index in [9.17, 15) is 4.39 Å². The van der Waals surface area contributed by atoms with Crippen molar-refractivity contribution in [3.63, 3.8) is 0 Å². The SMILES string of the molecule is Fc1ccc(-c2nc(CSc3nnnn3Cc3ccccc3)no2)cc1. The average molecular weight is 368 g/mol. The number of hydrogen-bond donors (Lipinski definition) is 0. The molecule has 0 saturated heterocycles. The summed E-state index contributed by atoms with van der Waals surface area (Å²) in [5, 5.41) is 16.4. The van der Waals surface area contributed by atoms with Crippen molar-refractivity contribution >= 4 is 11.8 Å². The third-order valence-corrected chi connectivity index (χ3v) is 4.52. The number of nitrogens with zero attached hydrogens (tertiary/aromatic N) is 6. The van der Waals surface area contributed by atoms with Gasteiger partial charge >= 0.3 is 0 Å². The minimum absolute atomic E-state index is 0.311. The van der Waals surface area contributed by atoms with Gasteiger partial charge in [0.25, 0.3) is 5.89 Å². The van der Waals surface area contributed by atoms with Gasteiger partial charge in [-0.05, 0) is 40.3 Å². The lowest BCUT2D eigenvalue weighted by Gasteiger charge is -2.03. The van der Waals surface area contributed by atoms with Crippen LogP contribution < -0.4 is 0 Å². The molecule has 0 fully saturated rings. The molecule has 9 heteroatoms. The molecular weight excluding hydrogens is 355 g/mol. The molecule has 0 bridgehead atoms. The van der Waals surface area contributed by atoms with Gasteiger partial charge in [0.15, 0.2) is 5.82 Å². The second-order valence-corrected chi connectivity index (χ2v) is 6.36. The van der Waals surface area contributed by atoms with Crippen LogP contribution in [-0.2, 0) is 12.3 Å². The maximum atomic E-state index is 13.0. The van der Waals surface area contributed by atoms with Crippen LogP contribution in [0.4, 0.5) is 4.39 Å². The molecule has 2 aromatic heterocycles. The second kappa shape index (κ2) is 7.44. The lowest BCUT2D eigenvalue weighted by molar-refractivity contribution is 0.425. The van der Waals surface area contributed by atoms with Crippen molar-refractivity contribution < 1.29 is 8.91 Å². The van der Waals surface area contributed by atoms with E-state index >= 15 is 0 Å². The third kappa shape index (κ3) is 3.77. The van der Waals surface area contributed by atoms with Gasteiger partial charge in [-0.25, -0.2) is 9.07 Å². The molecule has 0 spiro atoms. The molecule has 130 valence electrons. The molecule has 0 aliphatic heterocycles. The quantitative estimate of drug-likeness (QED) is 0.483. The zero-order chi connectivity index (χ0) is 17.8. The van der Waals surface area contributed by atoms with Crippen LogP contribution in [0.1, 0.15) is 11.4 Å². The number of thioether (sulfide) groups is 1. The van der Waals surface area contributed by atoms with E-state index in [0.29, 0.717) is 34.7 Å². The van der Waals surface area contributed by atoms with Gasteiger partial charge < -0.3 is 4.52 Å². The first kappa shape index (κ1) is 16.4.